The van der Waals surface area contributed by atoms with Gasteiger partial charge >= 0.3 is 0 Å². The van der Waals surface area contributed by atoms with Crippen molar-refractivity contribution in [3.8, 4) is 5.75 Å². The van der Waals surface area contributed by atoms with Gasteiger partial charge in [-0.2, -0.15) is 0 Å². The third-order valence-electron chi connectivity index (χ3n) is 5.95. The van der Waals surface area contributed by atoms with Crippen LogP contribution in [0.4, 0.5) is 0 Å². The average Bonchev–Trinajstić information content (AvgIpc) is 2.99. The Kier molecular flexibility index (Phi) is 7.06. The van der Waals surface area contributed by atoms with Crippen molar-refractivity contribution in [2.24, 2.45) is 0 Å². The van der Waals surface area contributed by atoms with Crippen LogP contribution in [0.5, 0.6) is 5.75 Å². The molecule has 2 saturated heterocycles. The zero-order valence-electron chi connectivity index (χ0n) is 17.4. The molecule has 1 unspecified atom stereocenters. The Labute approximate surface area is 177 Å². The molecule has 0 aromatic heterocycles. The van der Waals surface area contributed by atoms with Gasteiger partial charge in [-0.25, -0.2) is 0 Å². The van der Waals surface area contributed by atoms with Crippen LogP contribution in [0.15, 0.2) is 12.1 Å². The van der Waals surface area contributed by atoms with Crippen molar-refractivity contribution >= 4 is 23.4 Å². The topological polar surface area (TPSA) is 70.1 Å². The summed E-state index contributed by atoms with van der Waals surface area (Å²) in [6.45, 7) is 6.45. The first-order valence-electron chi connectivity index (χ1n) is 10.4. The van der Waals surface area contributed by atoms with Gasteiger partial charge in [0.15, 0.2) is 0 Å². The molecular weight excluding hydrogens is 392 g/mol. The van der Waals surface area contributed by atoms with E-state index in [-0.39, 0.29) is 18.4 Å². The van der Waals surface area contributed by atoms with Crippen LogP contribution >= 0.6 is 11.6 Å². The lowest BCUT2D eigenvalue weighted by atomic mass is 9.96. The third kappa shape index (κ3) is 5.64. The predicted molar refractivity (Wildman–Crippen MR) is 112 cm³/mol. The zero-order valence-corrected chi connectivity index (χ0v) is 18.1. The van der Waals surface area contributed by atoms with Gasteiger partial charge in [0.2, 0.25) is 11.8 Å². The van der Waals surface area contributed by atoms with Crippen molar-refractivity contribution in [1.29, 1.82) is 0 Å². The number of halogens is 1. The number of amides is 2. The molecule has 7 heteroatoms. The number of hydrogen-bond donors (Lipinski definition) is 1. The molecule has 1 atom stereocenters. The van der Waals surface area contributed by atoms with Crippen molar-refractivity contribution in [2.75, 3.05) is 32.8 Å². The Morgan fingerprint density at radius 2 is 1.90 bits per heavy atom. The fraction of sp³-hybridized carbons (Fsp3) is 0.636. The fourth-order valence-electron chi connectivity index (χ4n) is 4.11. The molecule has 3 rings (SSSR count). The number of nitrogens with zero attached hydrogens (tertiary/aromatic N) is 2. The molecule has 2 fully saturated rings. The number of aliphatic hydroxyl groups is 1. The SMILES string of the molecule is Cc1cc(OCC2(O)CCCN(C(=O)CCN3CCCC3=O)CC2)cc(C)c1Cl. The molecule has 1 aromatic rings. The highest BCUT2D eigenvalue weighted by Gasteiger charge is 2.32. The molecule has 160 valence electrons. The first kappa shape index (κ1) is 21.9. The molecule has 1 aromatic carbocycles. The Hall–Kier alpha value is -1.79. The van der Waals surface area contributed by atoms with Crippen LogP contribution in [0.3, 0.4) is 0 Å². The van der Waals surface area contributed by atoms with Gasteiger partial charge in [0.25, 0.3) is 0 Å². The second-order valence-electron chi connectivity index (χ2n) is 8.35. The number of benzene rings is 1. The maximum atomic E-state index is 12.6. The lowest BCUT2D eigenvalue weighted by molar-refractivity contribution is -0.133. The summed E-state index contributed by atoms with van der Waals surface area (Å²) < 4.78 is 5.89. The molecule has 6 nitrogen and oxygen atoms in total. The van der Waals surface area contributed by atoms with Crippen LogP contribution < -0.4 is 4.74 Å². The number of carbonyl (C=O) groups is 2. The van der Waals surface area contributed by atoms with Crippen LogP contribution in [0.2, 0.25) is 5.02 Å². The molecule has 29 heavy (non-hydrogen) atoms. The standard InChI is InChI=1S/C22H31ClN2O4/c1-16-13-18(14-17(2)21(16)23)29-15-22(28)7-4-10-25(12-8-22)20(27)6-11-24-9-3-5-19(24)26/h13-14,28H,3-12,15H2,1-2H3. The summed E-state index contributed by atoms with van der Waals surface area (Å²) in [4.78, 5) is 27.9. The van der Waals surface area contributed by atoms with Gasteiger partial charge in [-0.05, 0) is 62.8 Å². The highest BCUT2D eigenvalue weighted by molar-refractivity contribution is 6.32. The monoisotopic (exact) mass is 422 g/mol. The van der Waals surface area contributed by atoms with E-state index in [1.807, 2.05) is 30.9 Å². The Balaban J connectivity index is 1.50. The second kappa shape index (κ2) is 9.35. The lowest BCUT2D eigenvalue weighted by Crippen LogP contribution is -2.39. The minimum atomic E-state index is -0.957. The summed E-state index contributed by atoms with van der Waals surface area (Å²) in [6, 6.07) is 3.76. The number of likely N-dealkylation sites (tertiary alicyclic amines) is 2. The van der Waals surface area contributed by atoms with Crippen molar-refractivity contribution in [2.45, 2.75) is 58.0 Å². The molecule has 2 amide bonds. The van der Waals surface area contributed by atoms with E-state index in [1.165, 1.54) is 0 Å². The number of hydrogen-bond acceptors (Lipinski definition) is 4. The summed E-state index contributed by atoms with van der Waals surface area (Å²) in [5, 5.41) is 11.7. The molecule has 2 aliphatic rings. The van der Waals surface area contributed by atoms with E-state index in [2.05, 4.69) is 0 Å². The van der Waals surface area contributed by atoms with E-state index < -0.39 is 5.60 Å². The van der Waals surface area contributed by atoms with Gasteiger partial charge in [-0.3, -0.25) is 9.59 Å². The molecule has 0 saturated carbocycles. The first-order chi connectivity index (χ1) is 13.8. The Morgan fingerprint density at radius 3 is 2.55 bits per heavy atom. The summed E-state index contributed by atoms with van der Waals surface area (Å²) in [5.41, 5.74) is 0.937. The van der Waals surface area contributed by atoms with Crippen LogP contribution in [0.25, 0.3) is 0 Å². The highest BCUT2D eigenvalue weighted by atomic mass is 35.5. The number of rotatable bonds is 6. The summed E-state index contributed by atoms with van der Waals surface area (Å²) in [6.07, 6.45) is 3.63. The highest BCUT2D eigenvalue weighted by Crippen LogP contribution is 2.28. The molecule has 1 N–H and O–H groups in total. The normalized spacial score (nSPS) is 22.7. The van der Waals surface area contributed by atoms with E-state index in [9.17, 15) is 14.7 Å². The molecule has 0 aliphatic carbocycles. The Morgan fingerprint density at radius 1 is 1.17 bits per heavy atom. The van der Waals surface area contributed by atoms with Gasteiger partial charge in [-0.15, -0.1) is 0 Å². The van der Waals surface area contributed by atoms with E-state index >= 15 is 0 Å². The number of carbonyl (C=O) groups excluding carboxylic acids is 2. The zero-order chi connectivity index (χ0) is 21.0. The average molecular weight is 423 g/mol. The minimum Gasteiger partial charge on any atom is -0.491 e. The Bertz CT molecular complexity index is 746. The van der Waals surface area contributed by atoms with Gasteiger partial charge < -0.3 is 19.6 Å². The third-order valence-corrected chi connectivity index (χ3v) is 6.55. The van der Waals surface area contributed by atoms with Crippen LogP contribution in [-0.2, 0) is 9.59 Å². The number of ether oxygens (including phenoxy) is 1. The van der Waals surface area contributed by atoms with E-state index in [4.69, 9.17) is 16.3 Å². The van der Waals surface area contributed by atoms with Gasteiger partial charge in [0.05, 0.1) is 0 Å². The van der Waals surface area contributed by atoms with Crippen molar-refractivity contribution in [3.05, 3.63) is 28.3 Å². The maximum absolute atomic E-state index is 12.6. The molecule has 2 aliphatic heterocycles. The van der Waals surface area contributed by atoms with Gasteiger partial charge in [0, 0.05) is 44.0 Å². The fourth-order valence-corrected chi connectivity index (χ4v) is 4.22. The smallest absolute Gasteiger partial charge is 0.224 e. The summed E-state index contributed by atoms with van der Waals surface area (Å²) in [7, 11) is 0. The van der Waals surface area contributed by atoms with Crippen LogP contribution in [0, 0.1) is 13.8 Å². The van der Waals surface area contributed by atoms with E-state index in [0.29, 0.717) is 51.1 Å². The second-order valence-corrected chi connectivity index (χ2v) is 8.73. The largest absolute Gasteiger partial charge is 0.491 e. The molecule has 0 radical (unpaired) electrons. The van der Waals surface area contributed by atoms with Crippen molar-refractivity contribution in [3.63, 3.8) is 0 Å². The minimum absolute atomic E-state index is 0.0545. The molecular formula is C22H31ClN2O4. The van der Waals surface area contributed by atoms with Crippen molar-refractivity contribution in [1.82, 2.24) is 9.80 Å². The lowest BCUT2D eigenvalue weighted by Gasteiger charge is -2.27. The van der Waals surface area contributed by atoms with Crippen LogP contribution in [0.1, 0.15) is 49.7 Å². The molecule has 0 bridgehead atoms. The first-order valence-corrected chi connectivity index (χ1v) is 10.8. The quantitative estimate of drug-likeness (QED) is 0.764. The van der Waals surface area contributed by atoms with Gasteiger partial charge in [-0.1, -0.05) is 11.6 Å². The predicted octanol–water partition coefficient (Wildman–Crippen LogP) is 3.09. The maximum Gasteiger partial charge on any atom is 0.224 e. The van der Waals surface area contributed by atoms with Crippen molar-refractivity contribution < 1.29 is 19.4 Å². The van der Waals surface area contributed by atoms with E-state index in [1.54, 1.807) is 4.90 Å². The van der Waals surface area contributed by atoms with Crippen LogP contribution in [-0.4, -0.2) is 65.1 Å². The summed E-state index contributed by atoms with van der Waals surface area (Å²) in [5.74, 6) is 0.900. The van der Waals surface area contributed by atoms with E-state index in [0.717, 1.165) is 35.5 Å². The molecule has 2 heterocycles. The molecule has 0 spiro atoms. The summed E-state index contributed by atoms with van der Waals surface area (Å²) >= 11 is 6.20. The number of aryl methyl sites for hydroxylation is 2. The van der Waals surface area contributed by atoms with Gasteiger partial charge in [0.1, 0.15) is 18.0 Å².